The molecule has 2 heterocycles. The van der Waals surface area contributed by atoms with Gasteiger partial charge < -0.3 is 14.9 Å². The van der Waals surface area contributed by atoms with Crippen LogP contribution in [0.4, 0.5) is 0 Å². The fourth-order valence-electron chi connectivity index (χ4n) is 3.21. The molecular weight excluding hydrogens is 378 g/mol. The van der Waals surface area contributed by atoms with Gasteiger partial charge in [0.05, 0.1) is 4.21 Å². The van der Waals surface area contributed by atoms with E-state index in [1.54, 1.807) is 29.2 Å². The summed E-state index contributed by atoms with van der Waals surface area (Å²) in [5.74, 6) is 1.42. The van der Waals surface area contributed by atoms with E-state index in [0.717, 1.165) is 30.0 Å². The Morgan fingerprint density at radius 3 is 2.56 bits per heavy atom. The maximum atomic E-state index is 12.4. The molecule has 0 bridgehead atoms. The Bertz CT molecular complexity index is 982. The molecule has 27 heavy (non-hydrogen) atoms. The fourth-order valence-corrected chi connectivity index (χ4v) is 5.49. The van der Waals surface area contributed by atoms with Crippen molar-refractivity contribution in [2.75, 3.05) is 26.4 Å². The van der Waals surface area contributed by atoms with Gasteiger partial charge in [0.15, 0.2) is 0 Å². The molecule has 0 saturated heterocycles. The summed E-state index contributed by atoms with van der Waals surface area (Å²) in [5, 5.41) is 0.711. The van der Waals surface area contributed by atoms with Crippen LogP contribution in [0, 0.1) is 5.92 Å². The summed E-state index contributed by atoms with van der Waals surface area (Å²) >= 11 is 3.44. The quantitative estimate of drug-likeness (QED) is 0.721. The van der Waals surface area contributed by atoms with Crippen molar-refractivity contribution in [1.29, 1.82) is 0 Å². The molecule has 5 nitrogen and oxygen atoms in total. The predicted molar refractivity (Wildman–Crippen MR) is 115 cm³/mol. The summed E-state index contributed by atoms with van der Waals surface area (Å²) in [4.78, 5) is 33.4. The van der Waals surface area contributed by atoms with Gasteiger partial charge >= 0.3 is 0 Å². The van der Waals surface area contributed by atoms with Gasteiger partial charge in [-0.1, -0.05) is 25.3 Å². The minimum Gasteiger partial charge on any atom is -0.316 e. The highest BCUT2D eigenvalue weighted by atomic mass is 32.2. The predicted octanol–water partition coefficient (Wildman–Crippen LogP) is 1.97. The number of H-pyrrole nitrogens is 2. The summed E-state index contributed by atoms with van der Waals surface area (Å²) in [7, 11) is 4.12. The molecule has 2 aromatic rings. The largest absolute Gasteiger partial charge is 0.316 e. The molecule has 7 heteroatoms. The number of thiophene rings is 1. The van der Waals surface area contributed by atoms with E-state index >= 15 is 0 Å². The minimum absolute atomic E-state index is 0.219. The average molecular weight is 406 g/mol. The first-order valence-corrected chi connectivity index (χ1v) is 11.2. The third-order valence-electron chi connectivity index (χ3n) is 4.71. The van der Waals surface area contributed by atoms with Crippen LogP contribution < -0.4 is 21.8 Å². The molecule has 2 N–H and O–H groups in total. The lowest BCUT2D eigenvalue weighted by Crippen LogP contribution is -2.47. The van der Waals surface area contributed by atoms with Gasteiger partial charge in [-0.3, -0.25) is 9.59 Å². The number of thioether (sulfide) groups is 1. The summed E-state index contributed by atoms with van der Waals surface area (Å²) < 4.78 is 1.21. The molecule has 0 spiro atoms. The third kappa shape index (κ3) is 5.96. The van der Waals surface area contributed by atoms with E-state index in [0.29, 0.717) is 16.6 Å². The Balaban J connectivity index is 1.80. The monoisotopic (exact) mass is 405 g/mol. The van der Waals surface area contributed by atoms with E-state index in [4.69, 9.17) is 0 Å². The first kappa shape index (κ1) is 20.2. The van der Waals surface area contributed by atoms with Crippen molar-refractivity contribution < 1.29 is 0 Å². The molecular formula is C20H27N3O2S2. The molecule has 146 valence electrons. The standard InChI is InChI=1S/C20H27N3O2S2/c1-23(2)10-11-26-18-9-8-15(27-18)13-17-20(25)21-16(19(24)22-17)12-14-6-4-3-5-7-14/h8-9,12-14H,3-7,10-11H2,1-2H3,(H,21,25)(H,22,24)/b16-12-,17-13-. The van der Waals surface area contributed by atoms with Crippen molar-refractivity contribution >= 4 is 35.3 Å². The van der Waals surface area contributed by atoms with Crippen LogP contribution in [0.1, 0.15) is 37.0 Å². The smallest absolute Gasteiger partial charge is 0.272 e. The Morgan fingerprint density at radius 1 is 1.11 bits per heavy atom. The van der Waals surface area contributed by atoms with Crippen molar-refractivity contribution in [3.63, 3.8) is 0 Å². The van der Waals surface area contributed by atoms with Crippen LogP contribution in [0.3, 0.4) is 0 Å². The van der Waals surface area contributed by atoms with Crippen LogP contribution in [0.2, 0.25) is 0 Å². The topological polar surface area (TPSA) is 69.0 Å². The van der Waals surface area contributed by atoms with E-state index in [9.17, 15) is 9.59 Å². The van der Waals surface area contributed by atoms with Crippen LogP contribution >= 0.6 is 23.1 Å². The van der Waals surface area contributed by atoms with E-state index in [1.165, 1.54) is 23.5 Å². The first-order chi connectivity index (χ1) is 13.0. The molecule has 3 rings (SSSR count). The van der Waals surface area contributed by atoms with Gasteiger partial charge in [0.2, 0.25) is 0 Å². The van der Waals surface area contributed by atoms with Gasteiger partial charge in [-0.25, -0.2) is 0 Å². The Labute approximate surface area is 167 Å². The lowest BCUT2D eigenvalue weighted by Gasteiger charge is -2.17. The molecule has 0 aliphatic heterocycles. The normalized spacial score (nSPS) is 17.1. The first-order valence-electron chi connectivity index (χ1n) is 9.45. The van der Waals surface area contributed by atoms with Gasteiger partial charge in [0.1, 0.15) is 10.7 Å². The van der Waals surface area contributed by atoms with E-state index in [1.807, 2.05) is 12.1 Å². The van der Waals surface area contributed by atoms with Gasteiger partial charge in [-0.15, -0.1) is 23.1 Å². The molecule has 0 aromatic carbocycles. The van der Waals surface area contributed by atoms with Crippen molar-refractivity contribution in [2.45, 2.75) is 36.3 Å². The zero-order valence-electron chi connectivity index (χ0n) is 15.9. The number of nitrogens with zero attached hydrogens (tertiary/aromatic N) is 1. The third-order valence-corrected chi connectivity index (χ3v) is 6.95. The van der Waals surface area contributed by atoms with E-state index in [-0.39, 0.29) is 11.1 Å². The van der Waals surface area contributed by atoms with Crippen LogP contribution in [0.15, 0.2) is 25.9 Å². The molecule has 1 aliphatic rings. The molecule has 0 radical (unpaired) electrons. The van der Waals surface area contributed by atoms with Crippen molar-refractivity contribution in [3.8, 4) is 0 Å². The Hall–Kier alpha value is -1.57. The maximum Gasteiger partial charge on any atom is 0.272 e. The van der Waals surface area contributed by atoms with Gasteiger partial charge in [-0.2, -0.15) is 0 Å². The minimum atomic E-state index is -0.244. The molecule has 1 aliphatic carbocycles. The molecule has 0 unspecified atom stereocenters. The molecule has 0 atom stereocenters. The van der Waals surface area contributed by atoms with Crippen LogP contribution in [-0.2, 0) is 0 Å². The van der Waals surface area contributed by atoms with Gasteiger partial charge in [0.25, 0.3) is 11.1 Å². The molecule has 1 fully saturated rings. The molecule has 1 saturated carbocycles. The zero-order valence-corrected chi connectivity index (χ0v) is 17.5. The SMILES string of the molecule is CN(C)CCSc1ccc(/C=c2\[nH]c(=O)/c(=C/C3CCCCC3)[nH]c2=O)s1. The Morgan fingerprint density at radius 2 is 1.81 bits per heavy atom. The lowest BCUT2D eigenvalue weighted by molar-refractivity contribution is 0.435. The lowest BCUT2D eigenvalue weighted by atomic mass is 9.89. The summed E-state index contributed by atoms with van der Waals surface area (Å²) in [5.41, 5.74) is -0.463. The zero-order chi connectivity index (χ0) is 19.2. The maximum absolute atomic E-state index is 12.4. The Kier molecular flexibility index (Phi) is 7.15. The average Bonchev–Trinajstić information content (AvgIpc) is 3.07. The number of aromatic nitrogens is 2. The van der Waals surface area contributed by atoms with Crippen LogP contribution in [0.5, 0.6) is 0 Å². The second-order valence-corrected chi connectivity index (χ2v) is 9.76. The van der Waals surface area contributed by atoms with E-state index in [2.05, 4.69) is 35.0 Å². The van der Waals surface area contributed by atoms with Crippen molar-refractivity contribution in [3.05, 3.63) is 48.4 Å². The number of rotatable bonds is 6. The number of aromatic amines is 2. The van der Waals surface area contributed by atoms with Crippen molar-refractivity contribution in [1.82, 2.24) is 14.9 Å². The highest BCUT2D eigenvalue weighted by Gasteiger charge is 2.11. The highest BCUT2D eigenvalue weighted by Crippen LogP contribution is 2.27. The summed E-state index contributed by atoms with van der Waals surface area (Å²) in [6.45, 7) is 1.02. The number of nitrogens with one attached hydrogen (secondary N) is 2. The molecule has 2 aromatic heterocycles. The van der Waals surface area contributed by atoms with Crippen LogP contribution in [-0.4, -0.2) is 41.3 Å². The second kappa shape index (κ2) is 9.57. The van der Waals surface area contributed by atoms with E-state index < -0.39 is 0 Å². The summed E-state index contributed by atoms with van der Waals surface area (Å²) in [6, 6.07) is 4.05. The second-order valence-electron chi connectivity index (χ2n) is 7.25. The van der Waals surface area contributed by atoms with Crippen molar-refractivity contribution in [2.24, 2.45) is 5.92 Å². The van der Waals surface area contributed by atoms with Crippen LogP contribution in [0.25, 0.3) is 12.2 Å². The highest BCUT2D eigenvalue weighted by molar-refractivity contribution is 8.01. The van der Waals surface area contributed by atoms with Gasteiger partial charge in [0, 0.05) is 17.2 Å². The fraction of sp³-hybridized carbons (Fsp3) is 0.500. The van der Waals surface area contributed by atoms with Gasteiger partial charge in [-0.05, 0) is 51.1 Å². The molecule has 0 amide bonds. The number of hydrogen-bond acceptors (Lipinski definition) is 5. The summed E-state index contributed by atoms with van der Waals surface area (Å²) in [6.07, 6.45) is 9.54. The number of hydrogen-bond donors (Lipinski definition) is 2.